The van der Waals surface area contributed by atoms with Crippen LogP contribution in [0.2, 0.25) is 0 Å². The van der Waals surface area contributed by atoms with Crippen LogP contribution in [0.15, 0.2) is 0 Å². The first kappa shape index (κ1) is 10.9. The molecule has 0 aliphatic heterocycles. The predicted octanol–water partition coefficient (Wildman–Crippen LogP) is 1.56. The van der Waals surface area contributed by atoms with E-state index in [4.69, 9.17) is 5.11 Å². The predicted molar refractivity (Wildman–Crippen MR) is 46.4 cm³/mol. The molecule has 11 heavy (non-hydrogen) atoms. The Bertz CT molecular complexity index is 79.6. The van der Waals surface area contributed by atoms with Gasteiger partial charge in [0.15, 0.2) is 0 Å². The largest absolute Gasteiger partial charge is 0.396 e. The molecule has 0 spiro atoms. The van der Waals surface area contributed by atoms with E-state index in [9.17, 15) is 5.11 Å². The third-order valence-corrected chi connectivity index (χ3v) is 2.16. The summed E-state index contributed by atoms with van der Waals surface area (Å²) in [6.45, 7) is 4.21. The van der Waals surface area contributed by atoms with Crippen LogP contribution >= 0.6 is 0 Å². The Morgan fingerprint density at radius 3 is 2.27 bits per heavy atom. The van der Waals surface area contributed by atoms with Crippen molar-refractivity contribution < 1.29 is 10.2 Å². The van der Waals surface area contributed by atoms with Crippen LogP contribution in [-0.4, -0.2) is 22.9 Å². The molecule has 68 valence electrons. The van der Waals surface area contributed by atoms with E-state index in [0.717, 1.165) is 25.7 Å². The highest BCUT2D eigenvalue weighted by molar-refractivity contribution is 4.65. The van der Waals surface area contributed by atoms with Crippen LogP contribution in [0.5, 0.6) is 0 Å². The number of aliphatic hydroxyl groups is 2. The van der Waals surface area contributed by atoms with Gasteiger partial charge in [0.1, 0.15) is 0 Å². The molecule has 2 atom stereocenters. The van der Waals surface area contributed by atoms with E-state index in [0.29, 0.717) is 0 Å². The Labute approximate surface area is 69.2 Å². The highest BCUT2D eigenvalue weighted by atomic mass is 16.3. The molecule has 0 saturated carbocycles. The molecule has 0 aromatic heterocycles. The maximum absolute atomic E-state index is 9.48. The Morgan fingerprint density at radius 2 is 1.91 bits per heavy atom. The maximum Gasteiger partial charge on any atom is 0.0590 e. The summed E-state index contributed by atoms with van der Waals surface area (Å²) in [5.41, 5.74) is 0. The van der Waals surface area contributed by atoms with E-state index >= 15 is 0 Å². The molecule has 0 radical (unpaired) electrons. The molecule has 0 aromatic rings. The lowest BCUT2D eigenvalue weighted by Crippen LogP contribution is -2.22. The van der Waals surface area contributed by atoms with Gasteiger partial charge >= 0.3 is 0 Å². The fourth-order valence-corrected chi connectivity index (χ4v) is 1.17. The number of hydrogen-bond acceptors (Lipinski definition) is 2. The lowest BCUT2D eigenvalue weighted by Gasteiger charge is -2.18. The molecule has 0 rings (SSSR count). The van der Waals surface area contributed by atoms with Crippen LogP contribution in [0.3, 0.4) is 0 Å². The second-order valence-electron chi connectivity index (χ2n) is 3.06. The third kappa shape index (κ3) is 4.38. The molecule has 2 N–H and O–H groups in total. The summed E-state index contributed by atoms with van der Waals surface area (Å²) in [5.74, 6) is 0.0848. The zero-order chi connectivity index (χ0) is 8.69. The van der Waals surface area contributed by atoms with Gasteiger partial charge in [-0.3, -0.25) is 0 Å². The van der Waals surface area contributed by atoms with Crippen molar-refractivity contribution in [2.75, 3.05) is 6.61 Å². The third-order valence-electron chi connectivity index (χ3n) is 2.16. The smallest absolute Gasteiger partial charge is 0.0590 e. The molecular formula is C9H20O2. The SMILES string of the molecule is CCCC[C@H](O)[C@@H](CC)CO. The highest BCUT2D eigenvalue weighted by Crippen LogP contribution is 2.13. The fourth-order valence-electron chi connectivity index (χ4n) is 1.17. The minimum Gasteiger partial charge on any atom is -0.396 e. The molecule has 0 unspecified atom stereocenters. The van der Waals surface area contributed by atoms with Crippen LogP contribution in [0.4, 0.5) is 0 Å². The van der Waals surface area contributed by atoms with Crippen molar-refractivity contribution in [3.05, 3.63) is 0 Å². The molecule has 0 heterocycles. The minimum atomic E-state index is -0.301. The van der Waals surface area contributed by atoms with Gasteiger partial charge in [-0.05, 0) is 12.8 Å². The van der Waals surface area contributed by atoms with E-state index < -0.39 is 0 Å². The fraction of sp³-hybridized carbons (Fsp3) is 1.00. The summed E-state index contributed by atoms with van der Waals surface area (Å²) < 4.78 is 0. The van der Waals surface area contributed by atoms with Gasteiger partial charge in [0.25, 0.3) is 0 Å². The van der Waals surface area contributed by atoms with E-state index in [2.05, 4.69) is 6.92 Å². The van der Waals surface area contributed by atoms with Crippen LogP contribution < -0.4 is 0 Å². The summed E-state index contributed by atoms with van der Waals surface area (Å²) in [5, 5.41) is 18.3. The van der Waals surface area contributed by atoms with E-state index in [1.165, 1.54) is 0 Å². The van der Waals surface area contributed by atoms with Crippen molar-refractivity contribution >= 4 is 0 Å². The van der Waals surface area contributed by atoms with Gasteiger partial charge in [-0.25, -0.2) is 0 Å². The van der Waals surface area contributed by atoms with Crippen molar-refractivity contribution in [1.29, 1.82) is 0 Å². The molecule has 0 aliphatic carbocycles. The van der Waals surface area contributed by atoms with Gasteiger partial charge in [-0.15, -0.1) is 0 Å². The van der Waals surface area contributed by atoms with Gasteiger partial charge in [-0.1, -0.05) is 26.7 Å². The van der Waals surface area contributed by atoms with E-state index in [-0.39, 0.29) is 18.6 Å². The van der Waals surface area contributed by atoms with Gasteiger partial charge < -0.3 is 10.2 Å². The molecule has 0 amide bonds. The minimum absolute atomic E-state index is 0.0848. The first-order valence-electron chi connectivity index (χ1n) is 4.55. The lowest BCUT2D eigenvalue weighted by molar-refractivity contribution is 0.0573. The maximum atomic E-state index is 9.48. The van der Waals surface area contributed by atoms with Gasteiger partial charge in [0, 0.05) is 12.5 Å². The van der Waals surface area contributed by atoms with E-state index in [1.807, 2.05) is 6.92 Å². The number of hydrogen-bond donors (Lipinski definition) is 2. The summed E-state index contributed by atoms with van der Waals surface area (Å²) in [4.78, 5) is 0. The van der Waals surface area contributed by atoms with Crippen molar-refractivity contribution in [1.82, 2.24) is 0 Å². The quantitative estimate of drug-likeness (QED) is 0.619. The van der Waals surface area contributed by atoms with Crippen molar-refractivity contribution in [3.8, 4) is 0 Å². The first-order chi connectivity index (χ1) is 5.26. The summed E-state index contributed by atoms with van der Waals surface area (Å²) >= 11 is 0. The van der Waals surface area contributed by atoms with Crippen LogP contribution in [0.1, 0.15) is 39.5 Å². The summed E-state index contributed by atoms with van der Waals surface area (Å²) in [6, 6.07) is 0. The topological polar surface area (TPSA) is 40.5 Å². The molecule has 0 aromatic carbocycles. The van der Waals surface area contributed by atoms with Crippen LogP contribution in [0.25, 0.3) is 0 Å². The first-order valence-corrected chi connectivity index (χ1v) is 4.55. The average molecular weight is 160 g/mol. The monoisotopic (exact) mass is 160 g/mol. The second kappa shape index (κ2) is 6.62. The Morgan fingerprint density at radius 1 is 1.27 bits per heavy atom. The number of rotatable bonds is 6. The van der Waals surface area contributed by atoms with Gasteiger partial charge in [-0.2, -0.15) is 0 Å². The van der Waals surface area contributed by atoms with Gasteiger partial charge in [0.05, 0.1) is 6.10 Å². The number of unbranched alkanes of at least 4 members (excludes halogenated alkanes) is 1. The number of aliphatic hydroxyl groups excluding tert-OH is 2. The molecule has 0 saturated heterocycles. The molecular weight excluding hydrogens is 140 g/mol. The van der Waals surface area contributed by atoms with Gasteiger partial charge in [0.2, 0.25) is 0 Å². The zero-order valence-electron chi connectivity index (χ0n) is 7.58. The summed E-state index contributed by atoms with van der Waals surface area (Å²) in [7, 11) is 0. The van der Waals surface area contributed by atoms with Crippen LogP contribution in [-0.2, 0) is 0 Å². The normalized spacial score (nSPS) is 16.4. The molecule has 0 fully saturated rings. The molecule has 2 heteroatoms. The highest BCUT2D eigenvalue weighted by Gasteiger charge is 2.14. The molecule has 2 nitrogen and oxygen atoms in total. The van der Waals surface area contributed by atoms with Crippen LogP contribution in [0, 0.1) is 5.92 Å². The van der Waals surface area contributed by atoms with Crippen molar-refractivity contribution in [3.63, 3.8) is 0 Å². The Hall–Kier alpha value is -0.0800. The molecule has 0 aliphatic rings. The standard InChI is InChI=1S/C9H20O2/c1-3-5-6-9(11)8(4-2)7-10/h8-11H,3-7H2,1-2H3/t8-,9-/m0/s1. The van der Waals surface area contributed by atoms with Crippen molar-refractivity contribution in [2.45, 2.75) is 45.6 Å². The second-order valence-corrected chi connectivity index (χ2v) is 3.06. The zero-order valence-corrected chi connectivity index (χ0v) is 7.58. The Balaban J connectivity index is 3.51. The molecule has 0 bridgehead atoms. The Kier molecular flexibility index (Phi) is 6.57. The van der Waals surface area contributed by atoms with Crippen molar-refractivity contribution in [2.24, 2.45) is 5.92 Å². The lowest BCUT2D eigenvalue weighted by atomic mass is 9.96. The van der Waals surface area contributed by atoms with E-state index in [1.54, 1.807) is 0 Å². The summed E-state index contributed by atoms with van der Waals surface area (Å²) in [6.07, 6.45) is 3.55. The average Bonchev–Trinajstić information content (AvgIpc) is 2.03.